The smallest absolute Gasteiger partial charge is 0.251 e. The maximum Gasteiger partial charge on any atom is 0.251 e. The van der Waals surface area contributed by atoms with E-state index in [1.54, 1.807) is 6.33 Å². The van der Waals surface area contributed by atoms with Crippen molar-refractivity contribution in [2.45, 2.75) is 20.3 Å². The van der Waals surface area contributed by atoms with Crippen molar-refractivity contribution in [1.29, 1.82) is 0 Å². The lowest BCUT2D eigenvalue weighted by Crippen LogP contribution is -2.25. The first-order valence-corrected chi connectivity index (χ1v) is 7.96. The highest BCUT2D eigenvalue weighted by atomic mass is 16.1. The molecule has 0 bridgehead atoms. The van der Waals surface area contributed by atoms with Crippen LogP contribution in [0.4, 0.5) is 0 Å². The van der Waals surface area contributed by atoms with E-state index in [1.807, 2.05) is 53.1 Å². The monoisotopic (exact) mass is 307 g/mol. The summed E-state index contributed by atoms with van der Waals surface area (Å²) in [6.45, 7) is 5.00. The summed E-state index contributed by atoms with van der Waals surface area (Å²) < 4.78 is 2.02. The number of rotatable bonds is 5. The van der Waals surface area contributed by atoms with Gasteiger partial charge in [0.1, 0.15) is 6.33 Å². The van der Waals surface area contributed by atoms with Gasteiger partial charge in [-0.2, -0.15) is 0 Å². The topological polar surface area (TPSA) is 46.9 Å². The van der Waals surface area contributed by atoms with Gasteiger partial charge in [0.25, 0.3) is 5.91 Å². The Morgan fingerprint density at radius 1 is 1.17 bits per heavy atom. The Morgan fingerprint density at radius 2 is 1.96 bits per heavy atom. The molecule has 0 aliphatic heterocycles. The van der Waals surface area contributed by atoms with Gasteiger partial charge in [-0.25, -0.2) is 4.98 Å². The van der Waals surface area contributed by atoms with Crippen LogP contribution in [0.25, 0.3) is 16.7 Å². The van der Waals surface area contributed by atoms with Gasteiger partial charge in [-0.1, -0.05) is 32.0 Å². The number of nitrogens with one attached hydrogen (secondary N) is 1. The Balaban J connectivity index is 1.82. The SMILES string of the molecule is CC(C)CCNC(=O)c1ccc2c(c1)ncn2-c1ccccc1. The third kappa shape index (κ3) is 3.42. The highest BCUT2D eigenvalue weighted by Crippen LogP contribution is 2.19. The van der Waals surface area contributed by atoms with Gasteiger partial charge in [0, 0.05) is 17.8 Å². The minimum atomic E-state index is -0.0400. The van der Waals surface area contributed by atoms with Gasteiger partial charge in [-0.05, 0) is 42.7 Å². The number of hydrogen-bond donors (Lipinski definition) is 1. The molecule has 0 spiro atoms. The van der Waals surface area contributed by atoms with E-state index in [0.717, 1.165) is 23.1 Å². The Hall–Kier alpha value is -2.62. The van der Waals surface area contributed by atoms with E-state index in [-0.39, 0.29) is 5.91 Å². The average molecular weight is 307 g/mol. The van der Waals surface area contributed by atoms with E-state index in [4.69, 9.17) is 0 Å². The molecule has 0 saturated heterocycles. The molecule has 1 heterocycles. The van der Waals surface area contributed by atoms with Crippen LogP contribution in [0.2, 0.25) is 0 Å². The van der Waals surface area contributed by atoms with Crippen molar-refractivity contribution in [2.24, 2.45) is 5.92 Å². The van der Waals surface area contributed by atoms with Crippen molar-refractivity contribution in [2.75, 3.05) is 6.54 Å². The van der Waals surface area contributed by atoms with Crippen LogP contribution in [0.3, 0.4) is 0 Å². The summed E-state index contributed by atoms with van der Waals surface area (Å²) in [5.74, 6) is 0.543. The zero-order chi connectivity index (χ0) is 16.2. The first kappa shape index (κ1) is 15.3. The van der Waals surface area contributed by atoms with Crippen LogP contribution in [-0.4, -0.2) is 22.0 Å². The van der Waals surface area contributed by atoms with E-state index in [2.05, 4.69) is 24.1 Å². The van der Waals surface area contributed by atoms with Gasteiger partial charge in [0.2, 0.25) is 0 Å². The normalized spacial score (nSPS) is 11.1. The van der Waals surface area contributed by atoms with E-state index in [9.17, 15) is 4.79 Å². The molecule has 0 aliphatic carbocycles. The summed E-state index contributed by atoms with van der Waals surface area (Å²) in [6, 6.07) is 15.7. The molecule has 1 N–H and O–H groups in total. The van der Waals surface area contributed by atoms with Gasteiger partial charge in [-0.3, -0.25) is 9.36 Å². The number of hydrogen-bond acceptors (Lipinski definition) is 2. The predicted molar refractivity (Wildman–Crippen MR) is 92.9 cm³/mol. The fraction of sp³-hybridized carbons (Fsp3) is 0.263. The molecule has 0 fully saturated rings. The average Bonchev–Trinajstić information content (AvgIpc) is 2.98. The van der Waals surface area contributed by atoms with Crippen molar-refractivity contribution in [3.8, 4) is 5.69 Å². The Morgan fingerprint density at radius 3 is 2.70 bits per heavy atom. The number of imidazole rings is 1. The van der Waals surface area contributed by atoms with Gasteiger partial charge in [-0.15, -0.1) is 0 Å². The van der Waals surface area contributed by atoms with Crippen LogP contribution in [-0.2, 0) is 0 Å². The predicted octanol–water partition coefficient (Wildman–Crippen LogP) is 3.80. The molecule has 2 aromatic carbocycles. The fourth-order valence-electron chi connectivity index (χ4n) is 2.52. The van der Waals surface area contributed by atoms with Crippen LogP contribution in [0, 0.1) is 5.92 Å². The molecule has 1 amide bonds. The molecular formula is C19H21N3O. The number of nitrogens with zero attached hydrogens (tertiary/aromatic N) is 2. The van der Waals surface area contributed by atoms with Crippen molar-refractivity contribution in [1.82, 2.24) is 14.9 Å². The molecule has 118 valence electrons. The molecule has 0 aliphatic rings. The zero-order valence-corrected chi connectivity index (χ0v) is 13.5. The third-order valence-corrected chi connectivity index (χ3v) is 3.85. The first-order chi connectivity index (χ1) is 11.1. The second-order valence-electron chi connectivity index (χ2n) is 6.09. The summed E-state index contributed by atoms with van der Waals surface area (Å²) in [6.07, 6.45) is 2.77. The van der Waals surface area contributed by atoms with E-state index >= 15 is 0 Å². The van der Waals surface area contributed by atoms with Gasteiger partial charge in [0.15, 0.2) is 0 Å². The molecule has 1 aromatic heterocycles. The lowest BCUT2D eigenvalue weighted by Gasteiger charge is -2.08. The second kappa shape index (κ2) is 6.65. The molecule has 3 rings (SSSR count). The summed E-state index contributed by atoms with van der Waals surface area (Å²) in [5.41, 5.74) is 3.53. The second-order valence-corrected chi connectivity index (χ2v) is 6.09. The maximum atomic E-state index is 12.2. The summed E-state index contributed by atoms with van der Waals surface area (Å²) in [7, 11) is 0. The van der Waals surface area contributed by atoms with Crippen molar-refractivity contribution >= 4 is 16.9 Å². The quantitative estimate of drug-likeness (QED) is 0.779. The first-order valence-electron chi connectivity index (χ1n) is 7.96. The Labute approximate surface area is 136 Å². The molecule has 0 atom stereocenters. The Bertz CT molecular complexity index is 806. The van der Waals surface area contributed by atoms with Crippen molar-refractivity contribution in [3.63, 3.8) is 0 Å². The van der Waals surface area contributed by atoms with Crippen molar-refractivity contribution < 1.29 is 4.79 Å². The largest absolute Gasteiger partial charge is 0.352 e. The number of carbonyl (C=O) groups is 1. The third-order valence-electron chi connectivity index (χ3n) is 3.85. The lowest BCUT2D eigenvalue weighted by molar-refractivity contribution is 0.0952. The number of carbonyl (C=O) groups excluding carboxylic acids is 1. The summed E-state index contributed by atoms with van der Waals surface area (Å²) >= 11 is 0. The molecule has 3 aromatic rings. The molecule has 0 saturated carbocycles. The maximum absolute atomic E-state index is 12.2. The molecule has 23 heavy (non-hydrogen) atoms. The number of amides is 1. The van der Waals surface area contributed by atoms with Crippen LogP contribution < -0.4 is 5.32 Å². The summed E-state index contributed by atoms with van der Waals surface area (Å²) in [4.78, 5) is 16.6. The lowest BCUT2D eigenvalue weighted by atomic mass is 10.1. The van der Waals surface area contributed by atoms with Gasteiger partial charge < -0.3 is 5.32 Å². The van der Waals surface area contributed by atoms with E-state index in [1.165, 1.54) is 0 Å². The van der Waals surface area contributed by atoms with Gasteiger partial charge >= 0.3 is 0 Å². The summed E-state index contributed by atoms with van der Waals surface area (Å²) in [5, 5.41) is 2.96. The van der Waals surface area contributed by atoms with Crippen LogP contribution in [0.15, 0.2) is 54.9 Å². The highest BCUT2D eigenvalue weighted by Gasteiger charge is 2.10. The molecule has 0 unspecified atom stereocenters. The minimum Gasteiger partial charge on any atom is -0.352 e. The number of para-hydroxylation sites is 1. The number of fused-ring (bicyclic) bond motifs is 1. The molecular weight excluding hydrogens is 286 g/mol. The van der Waals surface area contributed by atoms with Crippen molar-refractivity contribution in [3.05, 3.63) is 60.4 Å². The van der Waals surface area contributed by atoms with Crippen LogP contribution in [0.5, 0.6) is 0 Å². The van der Waals surface area contributed by atoms with Crippen LogP contribution in [0.1, 0.15) is 30.6 Å². The van der Waals surface area contributed by atoms with E-state index in [0.29, 0.717) is 18.0 Å². The Kier molecular flexibility index (Phi) is 4.42. The highest BCUT2D eigenvalue weighted by molar-refractivity contribution is 5.97. The standard InChI is InChI=1S/C19H21N3O/c1-14(2)10-11-20-19(23)15-8-9-18-17(12-15)21-13-22(18)16-6-4-3-5-7-16/h3-9,12-14H,10-11H2,1-2H3,(H,20,23). The molecule has 4 heteroatoms. The number of benzene rings is 2. The van der Waals surface area contributed by atoms with Crippen LogP contribution >= 0.6 is 0 Å². The fourth-order valence-corrected chi connectivity index (χ4v) is 2.52. The number of aromatic nitrogens is 2. The minimum absolute atomic E-state index is 0.0400. The van der Waals surface area contributed by atoms with E-state index < -0.39 is 0 Å². The van der Waals surface area contributed by atoms with Gasteiger partial charge in [0.05, 0.1) is 11.0 Å². The molecule has 4 nitrogen and oxygen atoms in total. The molecule has 0 radical (unpaired) electrons. The zero-order valence-electron chi connectivity index (χ0n) is 13.5.